The van der Waals surface area contributed by atoms with E-state index in [1.54, 1.807) is 18.4 Å². The summed E-state index contributed by atoms with van der Waals surface area (Å²) in [6.45, 7) is 5.91. The predicted molar refractivity (Wildman–Crippen MR) is 77.7 cm³/mol. The van der Waals surface area contributed by atoms with Gasteiger partial charge in [-0.15, -0.1) is 11.3 Å². The van der Waals surface area contributed by atoms with Crippen molar-refractivity contribution in [3.63, 3.8) is 0 Å². The molecule has 2 heterocycles. The standard InChI is InChI=1S/C13H19N3O2S/c1-8-9(2)19-13-11(8)12(14)15-10(16-13)4-5-18-7-6-17-3/h4-7H2,1-3H3,(H2,14,15,16). The van der Waals surface area contributed by atoms with Crippen LogP contribution in [0.2, 0.25) is 0 Å². The maximum atomic E-state index is 6.02. The zero-order chi connectivity index (χ0) is 13.8. The third kappa shape index (κ3) is 3.20. The van der Waals surface area contributed by atoms with Gasteiger partial charge in [-0.05, 0) is 19.4 Å². The fraction of sp³-hybridized carbons (Fsp3) is 0.538. The van der Waals surface area contributed by atoms with Crippen molar-refractivity contribution in [3.05, 3.63) is 16.3 Å². The number of thiophene rings is 1. The van der Waals surface area contributed by atoms with Gasteiger partial charge in [0, 0.05) is 18.4 Å². The van der Waals surface area contributed by atoms with Crippen LogP contribution in [0.1, 0.15) is 16.3 Å². The molecule has 2 aromatic rings. The van der Waals surface area contributed by atoms with Crippen molar-refractivity contribution < 1.29 is 9.47 Å². The molecular formula is C13H19N3O2S. The minimum atomic E-state index is 0.568. The van der Waals surface area contributed by atoms with E-state index in [4.69, 9.17) is 15.2 Å². The van der Waals surface area contributed by atoms with Crippen molar-refractivity contribution in [2.75, 3.05) is 32.7 Å². The molecule has 0 aromatic carbocycles. The van der Waals surface area contributed by atoms with E-state index >= 15 is 0 Å². The molecule has 0 aliphatic heterocycles. The number of aryl methyl sites for hydroxylation is 2. The number of hydrogen-bond donors (Lipinski definition) is 1. The van der Waals surface area contributed by atoms with Gasteiger partial charge in [-0.2, -0.15) is 0 Å². The average molecular weight is 281 g/mol. The van der Waals surface area contributed by atoms with Crippen LogP contribution in [-0.2, 0) is 15.9 Å². The molecule has 0 aliphatic rings. The molecule has 0 aliphatic carbocycles. The minimum absolute atomic E-state index is 0.568. The van der Waals surface area contributed by atoms with Gasteiger partial charge in [0.25, 0.3) is 0 Å². The zero-order valence-electron chi connectivity index (χ0n) is 11.5. The van der Waals surface area contributed by atoms with Gasteiger partial charge < -0.3 is 15.2 Å². The Morgan fingerprint density at radius 1 is 1.16 bits per heavy atom. The topological polar surface area (TPSA) is 70.3 Å². The number of aromatic nitrogens is 2. The highest BCUT2D eigenvalue weighted by Gasteiger charge is 2.12. The molecule has 0 amide bonds. The summed E-state index contributed by atoms with van der Waals surface area (Å²) >= 11 is 1.66. The van der Waals surface area contributed by atoms with Crippen LogP contribution in [0.4, 0.5) is 5.82 Å². The molecule has 2 aromatic heterocycles. The van der Waals surface area contributed by atoms with Gasteiger partial charge in [-0.1, -0.05) is 0 Å². The van der Waals surface area contributed by atoms with Gasteiger partial charge in [0.15, 0.2) is 0 Å². The molecule has 2 N–H and O–H groups in total. The second-order valence-electron chi connectivity index (χ2n) is 4.34. The van der Waals surface area contributed by atoms with Crippen molar-refractivity contribution in [2.24, 2.45) is 0 Å². The Morgan fingerprint density at radius 2 is 1.95 bits per heavy atom. The van der Waals surface area contributed by atoms with Crippen LogP contribution in [-0.4, -0.2) is 36.9 Å². The molecule has 104 valence electrons. The Morgan fingerprint density at radius 3 is 2.68 bits per heavy atom. The first-order valence-corrected chi connectivity index (χ1v) is 7.04. The quantitative estimate of drug-likeness (QED) is 0.821. The minimum Gasteiger partial charge on any atom is -0.383 e. The lowest BCUT2D eigenvalue weighted by Crippen LogP contribution is -2.08. The molecule has 0 spiro atoms. The summed E-state index contributed by atoms with van der Waals surface area (Å²) in [5, 5.41) is 0.992. The number of nitrogens with two attached hydrogens (primary N) is 1. The SMILES string of the molecule is COCCOCCc1nc(N)c2c(C)c(C)sc2n1. The molecule has 0 fully saturated rings. The van der Waals surface area contributed by atoms with E-state index in [0.717, 1.165) is 16.0 Å². The summed E-state index contributed by atoms with van der Waals surface area (Å²) in [4.78, 5) is 11.1. The molecular weight excluding hydrogens is 262 g/mol. The Hall–Kier alpha value is -1.24. The van der Waals surface area contributed by atoms with Crippen LogP contribution in [0.3, 0.4) is 0 Å². The van der Waals surface area contributed by atoms with E-state index in [-0.39, 0.29) is 0 Å². The summed E-state index contributed by atoms with van der Waals surface area (Å²) in [5.74, 6) is 1.31. The number of anilines is 1. The maximum Gasteiger partial charge on any atom is 0.136 e. The highest BCUT2D eigenvalue weighted by Crippen LogP contribution is 2.31. The Bertz CT molecular complexity index is 569. The van der Waals surface area contributed by atoms with Crippen LogP contribution in [0.15, 0.2) is 0 Å². The highest BCUT2D eigenvalue weighted by atomic mass is 32.1. The first kappa shape index (κ1) is 14.2. The number of nitrogens with zero attached hydrogens (tertiary/aromatic N) is 2. The summed E-state index contributed by atoms with van der Waals surface area (Å²) < 4.78 is 10.3. The van der Waals surface area contributed by atoms with Crippen molar-refractivity contribution in [3.8, 4) is 0 Å². The Balaban J connectivity index is 2.08. The lowest BCUT2D eigenvalue weighted by Gasteiger charge is -2.04. The molecule has 0 radical (unpaired) electrons. The van der Waals surface area contributed by atoms with Crippen LogP contribution in [0, 0.1) is 13.8 Å². The van der Waals surface area contributed by atoms with E-state index in [0.29, 0.717) is 32.1 Å². The number of rotatable bonds is 6. The molecule has 0 atom stereocenters. The summed E-state index contributed by atoms with van der Waals surface area (Å²) in [5.41, 5.74) is 7.20. The molecule has 5 nitrogen and oxygen atoms in total. The maximum absolute atomic E-state index is 6.02. The molecule has 2 rings (SSSR count). The fourth-order valence-electron chi connectivity index (χ4n) is 1.85. The Kier molecular flexibility index (Phi) is 4.68. The van der Waals surface area contributed by atoms with Gasteiger partial charge in [-0.3, -0.25) is 0 Å². The van der Waals surface area contributed by atoms with Gasteiger partial charge in [0.1, 0.15) is 16.5 Å². The molecule has 0 saturated heterocycles. The molecule has 6 heteroatoms. The van der Waals surface area contributed by atoms with Gasteiger partial charge in [-0.25, -0.2) is 9.97 Å². The first-order valence-electron chi connectivity index (χ1n) is 6.22. The number of fused-ring (bicyclic) bond motifs is 1. The van der Waals surface area contributed by atoms with Gasteiger partial charge in [0.2, 0.25) is 0 Å². The second kappa shape index (κ2) is 6.27. The number of nitrogen functional groups attached to an aromatic ring is 1. The van der Waals surface area contributed by atoms with Crippen molar-refractivity contribution in [1.29, 1.82) is 0 Å². The third-order valence-electron chi connectivity index (χ3n) is 3.00. The van der Waals surface area contributed by atoms with Crippen molar-refractivity contribution in [1.82, 2.24) is 9.97 Å². The van der Waals surface area contributed by atoms with E-state index in [1.807, 2.05) is 0 Å². The molecule has 0 unspecified atom stereocenters. The number of methoxy groups -OCH3 is 1. The molecule has 19 heavy (non-hydrogen) atoms. The second-order valence-corrected chi connectivity index (χ2v) is 5.55. The van der Waals surface area contributed by atoms with Crippen LogP contribution in [0.5, 0.6) is 0 Å². The third-order valence-corrected chi connectivity index (χ3v) is 4.11. The van der Waals surface area contributed by atoms with Crippen LogP contribution < -0.4 is 5.73 Å². The largest absolute Gasteiger partial charge is 0.383 e. The van der Waals surface area contributed by atoms with Gasteiger partial charge >= 0.3 is 0 Å². The fourth-order valence-corrected chi connectivity index (χ4v) is 2.90. The highest BCUT2D eigenvalue weighted by molar-refractivity contribution is 7.18. The van der Waals surface area contributed by atoms with Crippen molar-refractivity contribution >= 4 is 27.4 Å². The van der Waals surface area contributed by atoms with Crippen LogP contribution in [0.25, 0.3) is 10.2 Å². The number of hydrogen-bond acceptors (Lipinski definition) is 6. The summed E-state index contributed by atoms with van der Waals surface area (Å²) in [6.07, 6.45) is 0.667. The summed E-state index contributed by atoms with van der Waals surface area (Å²) in [7, 11) is 1.66. The lowest BCUT2D eigenvalue weighted by molar-refractivity contribution is 0.0717. The van der Waals surface area contributed by atoms with Crippen LogP contribution >= 0.6 is 11.3 Å². The first-order chi connectivity index (χ1) is 9.13. The normalized spacial score (nSPS) is 11.3. The van der Waals surface area contributed by atoms with E-state index < -0.39 is 0 Å². The average Bonchev–Trinajstić information content (AvgIpc) is 2.65. The smallest absolute Gasteiger partial charge is 0.136 e. The van der Waals surface area contributed by atoms with E-state index in [2.05, 4.69) is 23.8 Å². The van der Waals surface area contributed by atoms with E-state index in [9.17, 15) is 0 Å². The Labute approximate surface area is 116 Å². The molecule has 0 bridgehead atoms. The molecule has 0 saturated carbocycles. The summed E-state index contributed by atoms with van der Waals surface area (Å²) in [6, 6.07) is 0. The van der Waals surface area contributed by atoms with Gasteiger partial charge in [0.05, 0.1) is 25.2 Å². The van der Waals surface area contributed by atoms with E-state index in [1.165, 1.54) is 10.4 Å². The van der Waals surface area contributed by atoms with Crippen molar-refractivity contribution in [2.45, 2.75) is 20.3 Å². The lowest BCUT2D eigenvalue weighted by atomic mass is 10.2. The zero-order valence-corrected chi connectivity index (χ0v) is 12.3. The predicted octanol–water partition coefficient (Wildman–Crippen LogP) is 2.10. The number of ether oxygens (including phenoxy) is 2. The monoisotopic (exact) mass is 281 g/mol.